The van der Waals surface area contributed by atoms with E-state index >= 15 is 0 Å². The molecule has 0 saturated heterocycles. The Bertz CT molecular complexity index is 3790. The van der Waals surface area contributed by atoms with Crippen LogP contribution >= 0.6 is 0 Å². The summed E-state index contributed by atoms with van der Waals surface area (Å²) in [6.07, 6.45) is 15.0. The van der Waals surface area contributed by atoms with Crippen LogP contribution in [-0.4, -0.2) is 101 Å². The van der Waals surface area contributed by atoms with E-state index < -0.39 is 0 Å². The predicted octanol–water partition coefficient (Wildman–Crippen LogP) is 16.0. The molecule has 0 atom stereocenters. The van der Waals surface area contributed by atoms with Crippen LogP contribution in [0.3, 0.4) is 0 Å². The van der Waals surface area contributed by atoms with Crippen LogP contribution in [0.2, 0.25) is 0 Å². The highest BCUT2D eigenvalue weighted by molar-refractivity contribution is 5.45. The summed E-state index contributed by atoms with van der Waals surface area (Å²) in [5, 5.41) is 104. The molecule has 20 heteroatoms. The minimum absolute atomic E-state index is 0.0764. The third kappa shape index (κ3) is 20.6. The van der Waals surface area contributed by atoms with E-state index in [2.05, 4.69) is 97.1 Å². The van der Waals surface area contributed by atoms with Gasteiger partial charge in [-0.25, -0.2) is 0 Å². The molecule has 8 aromatic heterocycles. The molecule has 0 aliphatic heterocycles. The Morgan fingerprint density at radius 2 is 0.212 bits per heavy atom. The number of para-hydroxylation sites is 12. The van der Waals surface area contributed by atoms with Gasteiger partial charge in [0.1, 0.15) is 0 Å². The molecular weight excluding hydrogens is 1310 g/mol. The molecule has 0 spiro atoms. The third-order valence-corrected chi connectivity index (χ3v) is 16.6. The van der Waals surface area contributed by atoms with Gasteiger partial charge >= 0.3 is 0 Å². The van der Waals surface area contributed by atoms with Crippen LogP contribution in [0.4, 0.5) is 0 Å². The van der Waals surface area contributed by atoms with Crippen molar-refractivity contribution in [2.24, 2.45) is 0 Å². The van der Waals surface area contributed by atoms with E-state index in [0.717, 1.165) is 45.6 Å². The average Bonchev–Trinajstić information content (AvgIpc) is 0.725. The fraction of sp³-hybridized carbons (Fsp3) is 0.0952. The number of aromatic nitrogens is 8. The fourth-order valence-electron chi connectivity index (χ4n) is 11.8. The van der Waals surface area contributed by atoms with Gasteiger partial charge in [0.25, 0.3) is 0 Å². The zero-order chi connectivity index (χ0) is 73.4. The first-order valence-electron chi connectivity index (χ1n) is 32.8. The second-order valence-electron chi connectivity index (χ2n) is 23.2. The SMILES string of the molecule is Oc1ccccc1O.Oc1ccccc1O.Oc1ccccc1O.Oc1ccccc1O.Oc1ccccc1O.Oc1ccccc1O.c1ccc(C2C(c3ccccn3)C(c3ccccn3)C2c2ccccn2)nc1.c1ccc(C2C(c3ccccn3)C(c3ccccn3)C2c2ccccn2)nc1. The molecule has 0 unspecified atom stereocenters. The molecule has 0 amide bonds. The Morgan fingerprint density at radius 3 is 0.279 bits per heavy atom. The van der Waals surface area contributed by atoms with Crippen LogP contribution in [0.1, 0.15) is 92.9 Å². The summed E-state index contributed by atoms with van der Waals surface area (Å²) in [5.41, 5.74) is 8.67. The number of nitrogens with zero attached hydrogens (tertiary/aromatic N) is 8. The number of hydrogen-bond donors (Lipinski definition) is 12. The van der Waals surface area contributed by atoms with E-state index in [4.69, 9.17) is 101 Å². The molecule has 8 heterocycles. The number of phenolic OH excluding ortho intramolecular Hbond substituents is 12. The van der Waals surface area contributed by atoms with Crippen molar-refractivity contribution >= 4 is 0 Å². The molecule has 14 aromatic rings. The first-order valence-corrected chi connectivity index (χ1v) is 32.8. The standard InChI is InChI=1S/2C24H20N4.6C6H6O2/c2*1-5-13-25-17(9-1)21-22(18-10-2-6-14-26-18)24(20-12-4-8-16-28-20)23(21)19-11-3-7-15-27-19;6*7-5-3-1-2-4-6(5)8/h2*1-16,21-24H;6*1-4,7-8H. The second kappa shape index (κ2) is 38.5. The molecule has 20 nitrogen and oxygen atoms in total. The number of rotatable bonds is 8. The Kier molecular flexibility index (Phi) is 27.5. The van der Waals surface area contributed by atoms with Gasteiger partial charge in [0.15, 0.2) is 69.0 Å². The second-order valence-corrected chi connectivity index (χ2v) is 23.2. The van der Waals surface area contributed by atoms with E-state index in [-0.39, 0.29) is 116 Å². The van der Waals surface area contributed by atoms with Crippen molar-refractivity contribution in [3.05, 3.63) is 386 Å². The Hall–Kier alpha value is -13.9. The van der Waals surface area contributed by atoms with Crippen molar-refractivity contribution in [1.29, 1.82) is 0 Å². The van der Waals surface area contributed by atoms with Crippen molar-refractivity contribution in [3.63, 3.8) is 0 Å². The molecule has 104 heavy (non-hydrogen) atoms. The van der Waals surface area contributed by atoms with Gasteiger partial charge in [0.2, 0.25) is 0 Å². The molecular formula is C84H76N8O12. The monoisotopic (exact) mass is 1390 g/mol. The van der Waals surface area contributed by atoms with Crippen LogP contribution in [0.15, 0.2) is 341 Å². The quantitative estimate of drug-likeness (QED) is 0.0629. The van der Waals surface area contributed by atoms with Gasteiger partial charge in [-0.2, -0.15) is 0 Å². The third-order valence-electron chi connectivity index (χ3n) is 16.6. The van der Waals surface area contributed by atoms with Crippen LogP contribution in [0, 0.1) is 0 Å². The minimum Gasteiger partial charge on any atom is -0.504 e. The topological polar surface area (TPSA) is 346 Å². The van der Waals surface area contributed by atoms with Crippen LogP contribution in [0.5, 0.6) is 69.0 Å². The van der Waals surface area contributed by atoms with E-state index in [9.17, 15) is 0 Å². The van der Waals surface area contributed by atoms with Gasteiger partial charge in [-0.3, -0.25) is 39.9 Å². The first-order chi connectivity index (χ1) is 50.7. The van der Waals surface area contributed by atoms with Gasteiger partial charge < -0.3 is 61.3 Å². The maximum absolute atomic E-state index is 8.67. The molecule has 0 radical (unpaired) electrons. The first kappa shape index (κ1) is 74.3. The van der Waals surface area contributed by atoms with Gasteiger partial charge in [-0.1, -0.05) is 121 Å². The van der Waals surface area contributed by atoms with Crippen molar-refractivity contribution in [2.75, 3.05) is 0 Å². The van der Waals surface area contributed by atoms with E-state index in [0.29, 0.717) is 0 Å². The lowest BCUT2D eigenvalue weighted by atomic mass is 9.52. The van der Waals surface area contributed by atoms with Crippen LogP contribution < -0.4 is 0 Å². The molecule has 2 aliphatic carbocycles. The zero-order valence-corrected chi connectivity index (χ0v) is 55.9. The molecule has 0 bridgehead atoms. The Balaban J connectivity index is 0.000000150. The van der Waals surface area contributed by atoms with Gasteiger partial charge in [-0.15, -0.1) is 0 Å². The maximum atomic E-state index is 8.67. The zero-order valence-electron chi connectivity index (χ0n) is 55.9. The maximum Gasteiger partial charge on any atom is 0.157 e. The van der Waals surface area contributed by atoms with Crippen LogP contribution in [0.25, 0.3) is 0 Å². The highest BCUT2D eigenvalue weighted by Crippen LogP contribution is 2.66. The number of hydrogen-bond acceptors (Lipinski definition) is 20. The minimum atomic E-state index is -0.0764. The lowest BCUT2D eigenvalue weighted by molar-refractivity contribution is 0.211. The number of phenols is 12. The van der Waals surface area contributed by atoms with Gasteiger partial charge in [0, 0.05) is 142 Å². The summed E-state index contributed by atoms with van der Waals surface area (Å²) in [6, 6.07) is 86.0. The molecule has 6 aromatic carbocycles. The lowest BCUT2D eigenvalue weighted by Crippen LogP contribution is -2.41. The summed E-state index contributed by atoms with van der Waals surface area (Å²) in [6.45, 7) is 0. The highest BCUT2D eigenvalue weighted by atomic mass is 16.3. The van der Waals surface area contributed by atoms with Gasteiger partial charge in [-0.05, 0) is 170 Å². The molecule has 2 fully saturated rings. The molecule has 2 saturated carbocycles. The van der Waals surface area contributed by atoms with Gasteiger partial charge in [0.05, 0.1) is 0 Å². The average molecular weight is 1390 g/mol. The molecule has 524 valence electrons. The van der Waals surface area contributed by atoms with Crippen molar-refractivity contribution in [3.8, 4) is 69.0 Å². The highest BCUT2D eigenvalue weighted by Gasteiger charge is 2.56. The summed E-state index contributed by atoms with van der Waals surface area (Å²) in [7, 11) is 0. The summed E-state index contributed by atoms with van der Waals surface area (Å²) in [4.78, 5) is 37.6. The van der Waals surface area contributed by atoms with E-state index in [1.807, 2.05) is 98.1 Å². The molecule has 2 aliphatic rings. The summed E-state index contributed by atoms with van der Waals surface area (Å²) in [5.74, 6) is 0.735. The lowest BCUT2D eigenvalue weighted by Gasteiger charge is -2.51. The molecule has 16 rings (SSSR count). The summed E-state index contributed by atoms with van der Waals surface area (Å²) >= 11 is 0. The number of aromatic hydroxyl groups is 12. The number of benzene rings is 6. The largest absolute Gasteiger partial charge is 0.504 e. The van der Waals surface area contributed by atoms with E-state index in [1.54, 1.807) is 72.8 Å². The predicted molar refractivity (Wildman–Crippen MR) is 394 cm³/mol. The Labute approximate surface area is 600 Å². The van der Waals surface area contributed by atoms with Crippen molar-refractivity contribution in [1.82, 2.24) is 39.9 Å². The van der Waals surface area contributed by atoms with E-state index in [1.165, 1.54) is 72.8 Å². The molecule has 12 N–H and O–H groups in total. The van der Waals surface area contributed by atoms with Crippen molar-refractivity contribution < 1.29 is 61.3 Å². The van der Waals surface area contributed by atoms with Crippen LogP contribution in [-0.2, 0) is 0 Å². The summed E-state index contributed by atoms with van der Waals surface area (Å²) < 4.78 is 0. The van der Waals surface area contributed by atoms with Crippen molar-refractivity contribution in [2.45, 2.75) is 47.3 Å². The normalized spacial score (nSPS) is 16.9. The fourth-order valence-corrected chi connectivity index (χ4v) is 11.8. The number of pyridine rings is 8. The smallest absolute Gasteiger partial charge is 0.157 e. The Morgan fingerprint density at radius 1 is 0.125 bits per heavy atom.